The number of carbonyl (C=O) groups excluding carboxylic acids is 1. The van der Waals surface area contributed by atoms with E-state index in [0.29, 0.717) is 17.9 Å². The summed E-state index contributed by atoms with van der Waals surface area (Å²) in [6.45, 7) is 6.77. The van der Waals surface area contributed by atoms with Gasteiger partial charge in [0.2, 0.25) is 0 Å². The second-order valence-electron chi connectivity index (χ2n) is 5.94. The van der Waals surface area contributed by atoms with Crippen molar-refractivity contribution in [3.05, 3.63) is 59.2 Å². The zero-order chi connectivity index (χ0) is 16.6. The lowest BCUT2D eigenvalue weighted by Crippen LogP contribution is -1.95. The summed E-state index contributed by atoms with van der Waals surface area (Å²) in [5, 5.41) is 2.01. The van der Waals surface area contributed by atoms with Gasteiger partial charge in [-0.05, 0) is 72.0 Å². The third-order valence-corrected chi connectivity index (χ3v) is 4.11. The van der Waals surface area contributed by atoms with Crippen molar-refractivity contribution in [2.45, 2.75) is 20.8 Å². The third-order valence-electron chi connectivity index (χ3n) is 4.11. The molecule has 0 atom stereocenters. The standard InChI is InChI=1S/C20H19NO2/c1-12-6-13(2)20(14(3)7-12)16-5-4-15-10-19(23-11-22)18(21)9-17(15)8-16/h4-11H,21H2,1-3H3. The number of carbonyl (C=O) groups is 1. The van der Waals surface area contributed by atoms with Crippen LogP contribution in [0.3, 0.4) is 0 Å². The van der Waals surface area contributed by atoms with E-state index in [9.17, 15) is 4.79 Å². The number of hydrogen-bond acceptors (Lipinski definition) is 3. The Hall–Kier alpha value is -2.81. The Kier molecular flexibility index (Phi) is 3.78. The molecular weight excluding hydrogens is 286 g/mol. The summed E-state index contributed by atoms with van der Waals surface area (Å²) in [6, 6.07) is 14.3. The van der Waals surface area contributed by atoms with E-state index < -0.39 is 0 Å². The maximum absolute atomic E-state index is 10.5. The fraction of sp³-hybridized carbons (Fsp3) is 0.150. The Morgan fingerprint density at radius 2 is 1.61 bits per heavy atom. The van der Waals surface area contributed by atoms with Crippen molar-refractivity contribution in [3.8, 4) is 16.9 Å². The molecule has 23 heavy (non-hydrogen) atoms. The van der Waals surface area contributed by atoms with Crippen LogP contribution in [-0.4, -0.2) is 6.47 Å². The second kappa shape index (κ2) is 5.76. The van der Waals surface area contributed by atoms with Crippen LogP contribution in [0.15, 0.2) is 42.5 Å². The van der Waals surface area contributed by atoms with E-state index in [1.807, 2.05) is 12.1 Å². The lowest BCUT2D eigenvalue weighted by atomic mass is 9.92. The van der Waals surface area contributed by atoms with Gasteiger partial charge < -0.3 is 10.5 Å². The summed E-state index contributed by atoms with van der Waals surface area (Å²) in [5.74, 6) is 0.392. The first kappa shape index (κ1) is 15.1. The Morgan fingerprint density at radius 3 is 2.26 bits per heavy atom. The van der Waals surface area contributed by atoms with Crippen molar-refractivity contribution in [2.75, 3.05) is 5.73 Å². The number of fused-ring (bicyclic) bond motifs is 1. The lowest BCUT2D eigenvalue weighted by Gasteiger charge is -2.13. The monoisotopic (exact) mass is 305 g/mol. The number of benzene rings is 3. The highest BCUT2D eigenvalue weighted by molar-refractivity contribution is 5.92. The molecule has 0 fully saturated rings. The molecule has 0 aliphatic rings. The number of aryl methyl sites for hydroxylation is 3. The first-order valence-electron chi connectivity index (χ1n) is 7.51. The second-order valence-corrected chi connectivity index (χ2v) is 5.94. The van der Waals surface area contributed by atoms with E-state index in [-0.39, 0.29) is 0 Å². The average Bonchev–Trinajstić information content (AvgIpc) is 2.47. The summed E-state index contributed by atoms with van der Waals surface area (Å²) < 4.78 is 4.91. The highest BCUT2D eigenvalue weighted by Crippen LogP contribution is 2.33. The first-order valence-corrected chi connectivity index (χ1v) is 7.51. The van der Waals surface area contributed by atoms with Gasteiger partial charge in [-0.1, -0.05) is 29.8 Å². The number of anilines is 1. The van der Waals surface area contributed by atoms with Crippen molar-refractivity contribution in [1.29, 1.82) is 0 Å². The topological polar surface area (TPSA) is 52.3 Å². The number of hydrogen-bond donors (Lipinski definition) is 1. The van der Waals surface area contributed by atoms with Crippen molar-refractivity contribution in [2.24, 2.45) is 0 Å². The normalized spacial score (nSPS) is 10.7. The highest BCUT2D eigenvalue weighted by Gasteiger charge is 2.09. The number of ether oxygens (including phenoxy) is 1. The van der Waals surface area contributed by atoms with Crippen molar-refractivity contribution in [1.82, 2.24) is 0 Å². The zero-order valence-electron chi connectivity index (χ0n) is 13.5. The number of rotatable bonds is 3. The van der Waals surface area contributed by atoms with Crippen LogP contribution in [0.4, 0.5) is 5.69 Å². The van der Waals surface area contributed by atoms with E-state index in [2.05, 4.69) is 45.0 Å². The van der Waals surface area contributed by atoms with Gasteiger partial charge in [0, 0.05) is 0 Å². The van der Waals surface area contributed by atoms with Gasteiger partial charge in [-0.15, -0.1) is 0 Å². The summed E-state index contributed by atoms with van der Waals surface area (Å²) in [5.41, 5.74) is 12.6. The average molecular weight is 305 g/mol. The smallest absolute Gasteiger partial charge is 0.298 e. The molecule has 3 rings (SSSR count). The molecule has 0 unspecified atom stereocenters. The van der Waals surface area contributed by atoms with Gasteiger partial charge in [0.15, 0.2) is 5.75 Å². The molecule has 0 aromatic heterocycles. The molecule has 3 aromatic carbocycles. The molecule has 0 amide bonds. The number of nitrogens with two attached hydrogens (primary N) is 1. The van der Waals surface area contributed by atoms with Crippen molar-refractivity contribution in [3.63, 3.8) is 0 Å². The molecule has 0 saturated carbocycles. The summed E-state index contributed by atoms with van der Waals surface area (Å²) in [6.07, 6.45) is 0. The Morgan fingerprint density at radius 1 is 0.913 bits per heavy atom. The molecule has 3 aromatic rings. The van der Waals surface area contributed by atoms with E-state index in [1.54, 1.807) is 6.07 Å². The van der Waals surface area contributed by atoms with Crippen molar-refractivity contribution < 1.29 is 9.53 Å². The van der Waals surface area contributed by atoms with Crippen LogP contribution >= 0.6 is 0 Å². The van der Waals surface area contributed by atoms with Gasteiger partial charge in [-0.25, -0.2) is 0 Å². The van der Waals surface area contributed by atoms with E-state index in [1.165, 1.54) is 22.3 Å². The largest absolute Gasteiger partial charge is 0.427 e. The number of nitrogen functional groups attached to an aromatic ring is 1. The molecule has 0 aliphatic heterocycles. The predicted octanol–water partition coefficient (Wildman–Crippen LogP) is 4.55. The molecule has 0 bridgehead atoms. The maximum atomic E-state index is 10.5. The van der Waals surface area contributed by atoms with Gasteiger partial charge in [0.1, 0.15) is 0 Å². The molecule has 0 spiro atoms. The van der Waals surface area contributed by atoms with Crippen LogP contribution in [0.2, 0.25) is 0 Å². The summed E-state index contributed by atoms with van der Waals surface area (Å²) in [7, 11) is 0. The minimum atomic E-state index is 0.392. The molecule has 3 heteroatoms. The molecule has 0 saturated heterocycles. The van der Waals surface area contributed by atoms with Crippen molar-refractivity contribution >= 4 is 22.9 Å². The van der Waals surface area contributed by atoms with Crippen LogP contribution in [0.1, 0.15) is 16.7 Å². The quantitative estimate of drug-likeness (QED) is 0.570. The van der Waals surface area contributed by atoms with Gasteiger partial charge in [-0.2, -0.15) is 0 Å². The minimum Gasteiger partial charge on any atom is -0.427 e. The molecule has 0 radical (unpaired) electrons. The summed E-state index contributed by atoms with van der Waals surface area (Å²) in [4.78, 5) is 10.5. The fourth-order valence-electron chi connectivity index (χ4n) is 3.24. The fourth-order valence-corrected chi connectivity index (χ4v) is 3.24. The lowest BCUT2D eigenvalue weighted by molar-refractivity contribution is -0.120. The molecule has 116 valence electrons. The van der Waals surface area contributed by atoms with Gasteiger partial charge >= 0.3 is 0 Å². The van der Waals surface area contributed by atoms with E-state index in [4.69, 9.17) is 10.5 Å². The predicted molar refractivity (Wildman–Crippen MR) is 94.7 cm³/mol. The van der Waals surface area contributed by atoms with E-state index in [0.717, 1.165) is 16.3 Å². The highest BCUT2D eigenvalue weighted by atomic mass is 16.5. The molecule has 0 heterocycles. The van der Waals surface area contributed by atoms with Gasteiger partial charge in [-0.3, -0.25) is 4.79 Å². The van der Waals surface area contributed by atoms with Crippen LogP contribution < -0.4 is 10.5 Å². The molecule has 0 aliphatic carbocycles. The first-order chi connectivity index (χ1) is 11.0. The minimum absolute atomic E-state index is 0.392. The van der Waals surface area contributed by atoms with Gasteiger partial charge in [0.05, 0.1) is 5.69 Å². The van der Waals surface area contributed by atoms with Crippen LogP contribution in [0.5, 0.6) is 5.75 Å². The Labute approximate surface area is 135 Å². The van der Waals surface area contributed by atoms with Crippen LogP contribution in [0.25, 0.3) is 21.9 Å². The van der Waals surface area contributed by atoms with E-state index >= 15 is 0 Å². The molecular formula is C20H19NO2. The Bertz CT molecular complexity index is 890. The molecule has 3 nitrogen and oxygen atoms in total. The molecule has 2 N–H and O–H groups in total. The third kappa shape index (κ3) is 2.78. The zero-order valence-corrected chi connectivity index (χ0v) is 13.5. The summed E-state index contributed by atoms with van der Waals surface area (Å²) >= 11 is 0. The van der Waals surface area contributed by atoms with Gasteiger partial charge in [0.25, 0.3) is 6.47 Å². The van der Waals surface area contributed by atoms with Crippen LogP contribution in [0, 0.1) is 20.8 Å². The van der Waals surface area contributed by atoms with Crippen LogP contribution in [-0.2, 0) is 4.79 Å². The maximum Gasteiger partial charge on any atom is 0.298 e. The SMILES string of the molecule is Cc1cc(C)c(-c2ccc3cc(OC=O)c(N)cc3c2)c(C)c1. The Balaban J connectivity index is 2.18.